The van der Waals surface area contributed by atoms with Gasteiger partial charge in [0.15, 0.2) is 0 Å². The molecule has 0 aliphatic heterocycles. The normalized spacial score (nSPS) is 11.0. The highest BCUT2D eigenvalue weighted by atomic mass is 16.5. The molecule has 0 radical (unpaired) electrons. The molecule has 0 amide bonds. The van der Waals surface area contributed by atoms with Gasteiger partial charge < -0.3 is 24.3 Å². The van der Waals surface area contributed by atoms with E-state index in [4.69, 9.17) is 15.2 Å². The highest BCUT2D eigenvalue weighted by Crippen LogP contribution is 2.36. The zero-order valence-electron chi connectivity index (χ0n) is 17.0. The highest BCUT2D eigenvalue weighted by molar-refractivity contribution is 5.82. The van der Waals surface area contributed by atoms with E-state index < -0.39 is 0 Å². The molecule has 0 aliphatic rings. The van der Waals surface area contributed by atoms with Crippen LogP contribution in [0, 0.1) is 0 Å². The van der Waals surface area contributed by atoms with Crippen molar-refractivity contribution in [3.63, 3.8) is 0 Å². The van der Waals surface area contributed by atoms with E-state index in [2.05, 4.69) is 24.1 Å². The van der Waals surface area contributed by atoms with Crippen LogP contribution >= 0.6 is 0 Å². The number of nitrogen functional groups attached to an aromatic ring is 1. The molecule has 2 N–H and O–H groups in total. The molecule has 30 heavy (non-hydrogen) atoms. The fourth-order valence-electron chi connectivity index (χ4n) is 3.43. The minimum absolute atomic E-state index is 0.633. The van der Waals surface area contributed by atoms with Crippen LogP contribution < -0.4 is 10.5 Å². The van der Waals surface area contributed by atoms with E-state index in [1.807, 2.05) is 36.9 Å². The number of nitrogens with zero attached hydrogens (tertiary/aromatic N) is 5. The predicted octanol–water partition coefficient (Wildman–Crippen LogP) is 3.09. The van der Waals surface area contributed by atoms with Crippen molar-refractivity contribution in [2.24, 2.45) is 0 Å². The molecule has 4 aromatic rings. The summed E-state index contributed by atoms with van der Waals surface area (Å²) in [5.74, 6) is 1.58. The Kier molecular flexibility index (Phi) is 5.76. The van der Waals surface area contributed by atoms with Gasteiger partial charge in [0.25, 0.3) is 0 Å². The highest BCUT2D eigenvalue weighted by Gasteiger charge is 2.14. The maximum atomic E-state index is 6.19. The third kappa shape index (κ3) is 3.90. The summed E-state index contributed by atoms with van der Waals surface area (Å²) in [6.07, 6.45) is 10.9. The van der Waals surface area contributed by atoms with Crippen molar-refractivity contribution in [2.45, 2.75) is 13.1 Å². The summed E-state index contributed by atoms with van der Waals surface area (Å²) in [6.45, 7) is 2.03. The Morgan fingerprint density at radius 3 is 2.70 bits per heavy atom. The molecule has 0 atom stereocenters. The molecular formula is C22H24N6O2. The second-order valence-electron chi connectivity index (χ2n) is 6.83. The van der Waals surface area contributed by atoms with Crippen molar-refractivity contribution in [1.82, 2.24) is 24.1 Å². The van der Waals surface area contributed by atoms with Gasteiger partial charge in [0.05, 0.1) is 32.3 Å². The monoisotopic (exact) mass is 404 g/mol. The lowest BCUT2D eigenvalue weighted by Gasteiger charge is -2.14. The van der Waals surface area contributed by atoms with Gasteiger partial charge in [0.2, 0.25) is 0 Å². The van der Waals surface area contributed by atoms with Gasteiger partial charge in [-0.15, -0.1) is 0 Å². The van der Waals surface area contributed by atoms with Crippen LogP contribution in [0.15, 0.2) is 61.6 Å². The summed E-state index contributed by atoms with van der Waals surface area (Å²) in [7, 11) is 3.34. The van der Waals surface area contributed by atoms with Crippen molar-refractivity contribution < 1.29 is 9.47 Å². The lowest BCUT2D eigenvalue weighted by atomic mass is 10.0. The van der Waals surface area contributed by atoms with Crippen LogP contribution in [0.3, 0.4) is 0 Å². The molecule has 4 rings (SSSR count). The van der Waals surface area contributed by atoms with Crippen LogP contribution in [0.1, 0.15) is 5.69 Å². The fourth-order valence-corrected chi connectivity index (χ4v) is 3.43. The summed E-state index contributed by atoms with van der Waals surface area (Å²) >= 11 is 0. The minimum atomic E-state index is 0.633. The van der Waals surface area contributed by atoms with E-state index in [1.165, 1.54) is 0 Å². The average molecular weight is 404 g/mol. The van der Waals surface area contributed by atoms with E-state index in [0.29, 0.717) is 18.8 Å². The second kappa shape index (κ2) is 8.79. The Hall–Kier alpha value is -3.65. The van der Waals surface area contributed by atoms with E-state index in [1.54, 1.807) is 38.9 Å². The van der Waals surface area contributed by atoms with Gasteiger partial charge in [0, 0.05) is 67.0 Å². The molecule has 0 bridgehead atoms. The number of ether oxygens (including phenoxy) is 2. The fraction of sp³-hybridized carbons (Fsp3) is 0.227. The smallest absolute Gasteiger partial charge is 0.140 e. The molecule has 154 valence electrons. The molecule has 0 saturated carbocycles. The first kappa shape index (κ1) is 19.7. The first-order valence-corrected chi connectivity index (χ1v) is 9.58. The zero-order valence-corrected chi connectivity index (χ0v) is 17.0. The van der Waals surface area contributed by atoms with Crippen LogP contribution in [0.2, 0.25) is 0 Å². The van der Waals surface area contributed by atoms with Gasteiger partial charge in [0.1, 0.15) is 11.6 Å². The molecule has 0 spiro atoms. The largest absolute Gasteiger partial charge is 0.496 e. The van der Waals surface area contributed by atoms with E-state index in [-0.39, 0.29) is 0 Å². The topological polar surface area (TPSA) is 93.0 Å². The van der Waals surface area contributed by atoms with Gasteiger partial charge in [-0.05, 0) is 24.3 Å². The van der Waals surface area contributed by atoms with Gasteiger partial charge >= 0.3 is 0 Å². The SMILES string of the molecule is COCCn1cncc1Cn1ccnc1-c1ccc(OC)c(-c2cnccc2N)c1. The Bertz CT molecular complexity index is 1130. The lowest BCUT2D eigenvalue weighted by Crippen LogP contribution is -2.10. The molecule has 8 heteroatoms. The number of nitrogens with two attached hydrogens (primary N) is 1. The van der Waals surface area contributed by atoms with Gasteiger partial charge in [-0.2, -0.15) is 0 Å². The van der Waals surface area contributed by atoms with Gasteiger partial charge in [-0.25, -0.2) is 9.97 Å². The molecule has 0 aliphatic carbocycles. The molecule has 0 fully saturated rings. The first-order valence-electron chi connectivity index (χ1n) is 9.58. The molecule has 0 saturated heterocycles. The minimum Gasteiger partial charge on any atom is -0.496 e. The molecule has 8 nitrogen and oxygen atoms in total. The number of benzene rings is 1. The summed E-state index contributed by atoms with van der Waals surface area (Å²) in [5, 5.41) is 0. The number of methoxy groups -OCH3 is 2. The Labute approximate surface area is 174 Å². The third-order valence-electron chi connectivity index (χ3n) is 4.99. The van der Waals surface area contributed by atoms with Crippen LogP contribution in [0.4, 0.5) is 5.69 Å². The number of anilines is 1. The summed E-state index contributed by atoms with van der Waals surface area (Å²) < 4.78 is 14.9. The van der Waals surface area contributed by atoms with Gasteiger partial charge in [-0.3, -0.25) is 4.98 Å². The molecule has 0 unspecified atom stereocenters. The number of hydrogen-bond donors (Lipinski definition) is 1. The van der Waals surface area contributed by atoms with E-state index in [0.717, 1.165) is 40.5 Å². The second-order valence-corrected chi connectivity index (χ2v) is 6.83. The number of hydrogen-bond acceptors (Lipinski definition) is 6. The standard InChI is InChI=1S/C22H24N6O2/c1-29-10-9-28-15-25-12-17(28)14-27-8-7-26-22(27)16-3-4-21(30-2)18(11-16)19-13-24-6-5-20(19)23/h3-8,11-13,15H,9-10,14H2,1-2H3,(H2,23,24). The average Bonchev–Trinajstić information content (AvgIpc) is 3.42. The molecule has 1 aromatic carbocycles. The number of aromatic nitrogens is 5. The number of rotatable bonds is 8. The zero-order chi connectivity index (χ0) is 20.9. The van der Waals surface area contributed by atoms with Crippen molar-refractivity contribution >= 4 is 5.69 Å². The van der Waals surface area contributed by atoms with Crippen molar-refractivity contribution in [2.75, 3.05) is 26.6 Å². The maximum absolute atomic E-state index is 6.19. The first-order chi connectivity index (χ1) is 14.7. The van der Waals surface area contributed by atoms with Crippen LogP contribution in [-0.4, -0.2) is 44.9 Å². The van der Waals surface area contributed by atoms with E-state index in [9.17, 15) is 0 Å². The maximum Gasteiger partial charge on any atom is 0.140 e. The van der Waals surface area contributed by atoms with Crippen molar-refractivity contribution in [3.8, 4) is 28.3 Å². The molecule has 3 aromatic heterocycles. The van der Waals surface area contributed by atoms with Crippen molar-refractivity contribution in [1.29, 1.82) is 0 Å². The summed E-state index contributed by atoms with van der Waals surface area (Å²) in [6, 6.07) is 7.74. The Morgan fingerprint density at radius 1 is 1.00 bits per heavy atom. The predicted molar refractivity (Wildman–Crippen MR) is 115 cm³/mol. The van der Waals surface area contributed by atoms with Crippen LogP contribution in [0.25, 0.3) is 22.5 Å². The van der Waals surface area contributed by atoms with Gasteiger partial charge in [-0.1, -0.05) is 0 Å². The lowest BCUT2D eigenvalue weighted by molar-refractivity contribution is 0.186. The van der Waals surface area contributed by atoms with Crippen LogP contribution in [0.5, 0.6) is 5.75 Å². The van der Waals surface area contributed by atoms with E-state index >= 15 is 0 Å². The molecular weight excluding hydrogens is 380 g/mol. The Morgan fingerprint density at radius 2 is 1.90 bits per heavy atom. The summed E-state index contributed by atoms with van der Waals surface area (Å²) in [4.78, 5) is 13.1. The van der Waals surface area contributed by atoms with Crippen LogP contribution in [-0.2, 0) is 17.8 Å². The number of pyridine rings is 1. The Balaban J connectivity index is 1.70. The quantitative estimate of drug-likeness (QED) is 0.485. The summed E-state index contributed by atoms with van der Waals surface area (Å²) in [5.41, 5.74) is 10.6. The van der Waals surface area contributed by atoms with Crippen molar-refractivity contribution in [3.05, 3.63) is 67.3 Å². The number of imidazole rings is 2. The third-order valence-corrected chi connectivity index (χ3v) is 4.99. The molecule has 3 heterocycles.